The molecule has 0 bridgehead atoms. The van der Waals surface area contributed by atoms with Gasteiger partial charge in [-0.25, -0.2) is 0 Å². The Kier molecular flexibility index (Phi) is 3.51. The van der Waals surface area contributed by atoms with Gasteiger partial charge in [-0.3, -0.25) is 10.1 Å². The van der Waals surface area contributed by atoms with Gasteiger partial charge in [0.05, 0.1) is 6.61 Å². The fraction of sp³-hybridized carbons (Fsp3) is 0.400. The summed E-state index contributed by atoms with van der Waals surface area (Å²) in [5.41, 5.74) is 2.37. The van der Waals surface area contributed by atoms with E-state index < -0.39 is 0 Å². The predicted octanol–water partition coefficient (Wildman–Crippen LogP) is 1.16. The highest BCUT2D eigenvalue weighted by Crippen LogP contribution is 2.25. The van der Waals surface area contributed by atoms with Crippen molar-refractivity contribution in [1.82, 2.24) is 10.6 Å². The van der Waals surface area contributed by atoms with E-state index in [0.717, 1.165) is 37.3 Å². The normalized spacial score (nSPS) is 20.7. The van der Waals surface area contributed by atoms with E-state index in [9.17, 15) is 4.79 Å². The van der Waals surface area contributed by atoms with Crippen molar-refractivity contribution in [3.8, 4) is 5.75 Å². The molecule has 3 rings (SSSR count). The molecule has 4 nitrogen and oxygen atoms in total. The van der Waals surface area contributed by atoms with Gasteiger partial charge in [0.2, 0.25) is 5.91 Å². The van der Waals surface area contributed by atoms with Crippen molar-refractivity contribution in [2.75, 3.05) is 13.2 Å². The minimum Gasteiger partial charge on any atom is -0.493 e. The summed E-state index contributed by atoms with van der Waals surface area (Å²) in [7, 11) is 0. The minimum absolute atomic E-state index is 0.0303. The molecular formula is C15H18N2O2. The molecule has 0 saturated heterocycles. The number of rotatable bonds is 3. The molecule has 0 aliphatic carbocycles. The molecule has 0 radical (unpaired) electrons. The zero-order valence-electron chi connectivity index (χ0n) is 10.8. The van der Waals surface area contributed by atoms with Crippen molar-refractivity contribution >= 4 is 5.91 Å². The van der Waals surface area contributed by atoms with Crippen LogP contribution in [0.25, 0.3) is 0 Å². The summed E-state index contributed by atoms with van der Waals surface area (Å²) in [4.78, 5) is 11.9. The molecule has 19 heavy (non-hydrogen) atoms. The fourth-order valence-electron chi connectivity index (χ4n) is 2.47. The van der Waals surface area contributed by atoms with Gasteiger partial charge in [-0.1, -0.05) is 24.3 Å². The monoisotopic (exact) mass is 258 g/mol. The number of benzene rings is 1. The highest BCUT2D eigenvalue weighted by Gasteiger charge is 2.17. The molecule has 1 aromatic rings. The lowest BCUT2D eigenvalue weighted by atomic mass is 10.0. The Bertz CT molecular complexity index is 511. The van der Waals surface area contributed by atoms with E-state index in [0.29, 0.717) is 6.54 Å². The van der Waals surface area contributed by atoms with E-state index in [4.69, 9.17) is 4.74 Å². The highest BCUT2D eigenvalue weighted by atomic mass is 16.5. The van der Waals surface area contributed by atoms with E-state index >= 15 is 0 Å². The zero-order chi connectivity index (χ0) is 13.1. The van der Waals surface area contributed by atoms with Crippen molar-refractivity contribution in [2.24, 2.45) is 0 Å². The first-order valence-corrected chi connectivity index (χ1v) is 6.75. The maximum absolute atomic E-state index is 11.9. The Hall–Kier alpha value is -1.81. The lowest BCUT2D eigenvalue weighted by Crippen LogP contribution is -2.40. The van der Waals surface area contributed by atoms with Crippen LogP contribution in [-0.2, 0) is 17.8 Å². The number of ether oxygens (including phenoxy) is 1. The predicted molar refractivity (Wildman–Crippen MR) is 73.0 cm³/mol. The second-order valence-corrected chi connectivity index (χ2v) is 4.93. The number of hydrogen-bond donors (Lipinski definition) is 2. The first-order chi connectivity index (χ1) is 9.33. The van der Waals surface area contributed by atoms with Gasteiger partial charge in [-0.05, 0) is 30.0 Å². The van der Waals surface area contributed by atoms with Gasteiger partial charge >= 0.3 is 0 Å². The van der Waals surface area contributed by atoms with Gasteiger partial charge in [0.15, 0.2) is 0 Å². The van der Waals surface area contributed by atoms with Crippen molar-refractivity contribution in [3.63, 3.8) is 0 Å². The molecule has 100 valence electrons. The molecule has 1 aromatic carbocycles. The number of carbonyl (C=O) groups excluding carboxylic acids is 1. The lowest BCUT2D eigenvalue weighted by molar-refractivity contribution is -0.122. The maximum atomic E-state index is 11.9. The molecule has 0 spiro atoms. The van der Waals surface area contributed by atoms with Crippen LogP contribution in [-0.4, -0.2) is 25.1 Å². The van der Waals surface area contributed by atoms with E-state index in [-0.39, 0.29) is 11.9 Å². The molecule has 4 heteroatoms. The van der Waals surface area contributed by atoms with Crippen LogP contribution >= 0.6 is 0 Å². The summed E-state index contributed by atoms with van der Waals surface area (Å²) in [6.45, 7) is 2.15. The fourth-order valence-corrected chi connectivity index (χ4v) is 2.47. The van der Waals surface area contributed by atoms with Crippen molar-refractivity contribution in [1.29, 1.82) is 0 Å². The van der Waals surface area contributed by atoms with Crippen LogP contribution in [0.4, 0.5) is 0 Å². The van der Waals surface area contributed by atoms with Gasteiger partial charge in [-0.2, -0.15) is 0 Å². The molecule has 2 aliphatic rings. The molecule has 0 aromatic heterocycles. The number of aryl methyl sites for hydroxylation is 1. The lowest BCUT2D eigenvalue weighted by Gasteiger charge is -2.18. The third-order valence-electron chi connectivity index (χ3n) is 3.51. The number of fused-ring (bicyclic) bond motifs is 1. The number of amides is 1. The van der Waals surface area contributed by atoms with Crippen LogP contribution in [0.3, 0.4) is 0 Å². The average Bonchev–Trinajstić information content (AvgIpc) is 2.99. The first-order valence-electron chi connectivity index (χ1n) is 6.75. The van der Waals surface area contributed by atoms with Crippen molar-refractivity contribution in [3.05, 3.63) is 41.5 Å². The topological polar surface area (TPSA) is 50.4 Å². The van der Waals surface area contributed by atoms with E-state index in [2.05, 4.69) is 16.7 Å². The third kappa shape index (κ3) is 2.79. The molecule has 0 fully saturated rings. The van der Waals surface area contributed by atoms with E-state index in [1.165, 1.54) is 5.56 Å². The quantitative estimate of drug-likeness (QED) is 0.800. The molecule has 2 N–H and O–H groups in total. The Morgan fingerprint density at radius 2 is 2.42 bits per heavy atom. The first kappa shape index (κ1) is 12.2. The second-order valence-electron chi connectivity index (χ2n) is 4.93. The molecule has 2 aliphatic heterocycles. The van der Waals surface area contributed by atoms with Crippen molar-refractivity contribution < 1.29 is 9.53 Å². The van der Waals surface area contributed by atoms with Gasteiger partial charge in [0.1, 0.15) is 11.8 Å². The van der Waals surface area contributed by atoms with Crippen LogP contribution in [0.1, 0.15) is 17.5 Å². The van der Waals surface area contributed by atoms with Crippen LogP contribution in [0, 0.1) is 0 Å². The third-order valence-corrected chi connectivity index (χ3v) is 3.51. The molecule has 1 amide bonds. The summed E-state index contributed by atoms with van der Waals surface area (Å²) < 4.78 is 5.58. The summed E-state index contributed by atoms with van der Waals surface area (Å²) in [5, 5.41) is 6.05. The van der Waals surface area contributed by atoms with Gasteiger partial charge in [0.25, 0.3) is 0 Å². The minimum atomic E-state index is -0.180. The molecule has 2 heterocycles. The van der Waals surface area contributed by atoms with Crippen LogP contribution < -0.4 is 15.4 Å². The van der Waals surface area contributed by atoms with E-state index in [1.807, 2.05) is 24.3 Å². The molecular weight excluding hydrogens is 240 g/mol. The Morgan fingerprint density at radius 1 is 1.47 bits per heavy atom. The van der Waals surface area contributed by atoms with Crippen LogP contribution in [0.5, 0.6) is 5.75 Å². The SMILES string of the molecule is O=C(NCc1ccc2c(c1)CCCO2)C1C=CCN1. The summed E-state index contributed by atoms with van der Waals surface area (Å²) >= 11 is 0. The van der Waals surface area contributed by atoms with E-state index in [1.54, 1.807) is 0 Å². The maximum Gasteiger partial charge on any atom is 0.241 e. The van der Waals surface area contributed by atoms with Crippen LogP contribution in [0.2, 0.25) is 0 Å². The van der Waals surface area contributed by atoms with Gasteiger partial charge < -0.3 is 10.1 Å². The second kappa shape index (κ2) is 5.45. The standard InChI is InChI=1S/C15H18N2O2/c18-15(13-4-1-7-16-13)17-10-11-5-6-14-12(9-11)3-2-8-19-14/h1,4-6,9,13,16H,2-3,7-8,10H2,(H,17,18). The Balaban J connectivity index is 1.60. The summed E-state index contributed by atoms with van der Waals surface area (Å²) in [6, 6.07) is 5.97. The Morgan fingerprint density at radius 3 is 3.26 bits per heavy atom. The highest BCUT2D eigenvalue weighted by molar-refractivity contribution is 5.84. The summed E-state index contributed by atoms with van der Waals surface area (Å²) in [6.07, 6.45) is 6.00. The zero-order valence-corrected chi connectivity index (χ0v) is 10.8. The number of nitrogens with one attached hydrogen (secondary N) is 2. The Labute approximate surface area is 112 Å². The van der Waals surface area contributed by atoms with Gasteiger partial charge in [-0.15, -0.1) is 0 Å². The van der Waals surface area contributed by atoms with Gasteiger partial charge in [0, 0.05) is 13.1 Å². The number of hydrogen-bond acceptors (Lipinski definition) is 3. The van der Waals surface area contributed by atoms with Crippen LogP contribution in [0.15, 0.2) is 30.4 Å². The van der Waals surface area contributed by atoms with Crippen molar-refractivity contribution in [2.45, 2.75) is 25.4 Å². The average molecular weight is 258 g/mol. The molecule has 1 atom stereocenters. The largest absolute Gasteiger partial charge is 0.493 e. The molecule has 0 saturated carbocycles. The number of carbonyl (C=O) groups is 1. The molecule has 1 unspecified atom stereocenters. The smallest absolute Gasteiger partial charge is 0.241 e. The summed E-state index contributed by atoms with van der Waals surface area (Å²) in [5.74, 6) is 1.02.